The molecule has 3 aromatic carbocycles. The van der Waals surface area contributed by atoms with Crippen LogP contribution >= 0.6 is 0 Å². The Labute approximate surface area is 180 Å². The van der Waals surface area contributed by atoms with Gasteiger partial charge in [-0.05, 0) is 52.9 Å². The molecule has 156 valence electrons. The first-order chi connectivity index (χ1) is 15.1. The van der Waals surface area contributed by atoms with Gasteiger partial charge in [0.1, 0.15) is 0 Å². The molecule has 0 aliphatic heterocycles. The maximum absolute atomic E-state index is 12.9. The van der Waals surface area contributed by atoms with Crippen LogP contribution in [0.3, 0.4) is 0 Å². The number of carbonyl (C=O) groups is 1. The average molecular weight is 413 g/mol. The lowest BCUT2D eigenvalue weighted by atomic mass is 10.0. The second kappa shape index (κ2) is 7.80. The van der Waals surface area contributed by atoms with Crippen LogP contribution in [0.5, 0.6) is 11.5 Å². The molecule has 0 spiro atoms. The maximum atomic E-state index is 12.9. The summed E-state index contributed by atoms with van der Waals surface area (Å²) in [5.41, 5.74) is 4.20. The first-order valence-corrected chi connectivity index (χ1v) is 10.2. The molecule has 0 bridgehead atoms. The van der Waals surface area contributed by atoms with E-state index < -0.39 is 0 Å². The van der Waals surface area contributed by atoms with Gasteiger partial charge in [-0.3, -0.25) is 9.89 Å². The molecule has 0 radical (unpaired) electrons. The molecule has 6 heteroatoms. The van der Waals surface area contributed by atoms with Gasteiger partial charge in [0.15, 0.2) is 17.3 Å². The first-order valence-electron chi connectivity index (χ1n) is 10.2. The molecule has 6 nitrogen and oxygen atoms in total. The van der Waals surface area contributed by atoms with E-state index in [-0.39, 0.29) is 11.8 Å². The predicted molar refractivity (Wildman–Crippen MR) is 121 cm³/mol. The van der Waals surface area contributed by atoms with E-state index in [2.05, 4.69) is 39.8 Å². The molecular formula is C25H23N3O3. The van der Waals surface area contributed by atoms with Gasteiger partial charge in [0.2, 0.25) is 5.91 Å². The summed E-state index contributed by atoms with van der Waals surface area (Å²) in [6, 6.07) is 20.2. The molecule has 0 fully saturated rings. The fourth-order valence-corrected chi connectivity index (χ4v) is 4.27. The summed E-state index contributed by atoms with van der Waals surface area (Å²) >= 11 is 0. The molecule has 0 saturated heterocycles. The monoisotopic (exact) mass is 413 g/mol. The lowest BCUT2D eigenvalue weighted by Crippen LogP contribution is -2.23. The minimum Gasteiger partial charge on any atom is -0.493 e. The summed E-state index contributed by atoms with van der Waals surface area (Å²) in [6.07, 6.45) is 1.50. The van der Waals surface area contributed by atoms with Crippen molar-refractivity contribution in [1.82, 2.24) is 10.2 Å². The standard InChI is InChI=1S/C25H23N3O3/c1-30-22-8-7-17(13-23(22)31-2)21-14-24(28-27-21)26-25(29)20-11-18-9-15-5-3-4-6-16(15)10-19(18)12-20/h3-10,13-14,20H,11-12H2,1-2H3,(H2,26,27,28,29). The molecule has 31 heavy (non-hydrogen) atoms. The number of carbonyl (C=O) groups excluding carboxylic acids is 1. The van der Waals surface area contributed by atoms with Crippen molar-refractivity contribution in [3.05, 3.63) is 71.8 Å². The molecular weight excluding hydrogens is 390 g/mol. The maximum Gasteiger partial charge on any atom is 0.229 e. The molecule has 0 saturated carbocycles. The number of hydrogen-bond acceptors (Lipinski definition) is 4. The third-order valence-corrected chi connectivity index (χ3v) is 5.90. The van der Waals surface area contributed by atoms with Crippen molar-refractivity contribution < 1.29 is 14.3 Å². The van der Waals surface area contributed by atoms with Gasteiger partial charge in [-0.25, -0.2) is 0 Å². The van der Waals surface area contributed by atoms with E-state index in [1.807, 2.05) is 36.4 Å². The molecule has 5 rings (SSSR count). The molecule has 4 aromatic rings. The summed E-state index contributed by atoms with van der Waals surface area (Å²) in [5.74, 6) is 1.71. The summed E-state index contributed by atoms with van der Waals surface area (Å²) in [7, 11) is 3.20. The molecule has 1 amide bonds. The zero-order valence-corrected chi connectivity index (χ0v) is 17.4. The number of amides is 1. The fraction of sp³-hybridized carbons (Fsp3) is 0.200. The predicted octanol–water partition coefficient (Wildman–Crippen LogP) is 4.60. The topological polar surface area (TPSA) is 76.2 Å². The number of aromatic nitrogens is 2. The van der Waals surface area contributed by atoms with E-state index >= 15 is 0 Å². The number of anilines is 1. The highest BCUT2D eigenvalue weighted by Gasteiger charge is 2.28. The number of ether oxygens (including phenoxy) is 2. The number of aromatic amines is 1. The largest absolute Gasteiger partial charge is 0.493 e. The van der Waals surface area contributed by atoms with Crippen LogP contribution in [0.15, 0.2) is 60.7 Å². The third-order valence-electron chi connectivity index (χ3n) is 5.90. The highest BCUT2D eigenvalue weighted by atomic mass is 16.5. The van der Waals surface area contributed by atoms with Crippen LogP contribution in [-0.2, 0) is 17.6 Å². The Balaban J connectivity index is 1.30. The van der Waals surface area contributed by atoms with Crippen molar-refractivity contribution >= 4 is 22.5 Å². The van der Waals surface area contributed by atoms with Crippen molar-refractivity contribution in [2.24, 2.45) is 5.92 Å². The number of fused-ring (bicyclic) bond motifs is 2. The van der Waals surface area contributed by atoms with Crippen LogP contribution in [0.1, 0.15) is 11.1 Å². The number of rotatable bonds is 5. The SMILES string of the molecule is COc1ccc(-c2cc(NC(=O)C3Cc4cc5ccccc5cc4C3)n[nH]2)cc1OC. The van der Waals surface area contributed by atoms with Crippen molar-refractivity contribution in [2.45, 2.75) is 12.8 Å². The second-order valence-corrected chi connectivity index (χ2v) is 7.80. The minimum absolute atomic E-state index is 0.00869. The molecule has 1 heterocycles. The number of nitrogens with zero attached hydrogens (tertiary/aromatic N) is 1. The van der Waals surface area contributed by atoms with Crippen LogP contribution in [-0.4, -0.2) is 30.3 Å². The van der Waals surface area contributed by atoms with E-state index in [0.29, 0.717) is 17.3 Å². The van der Waals surface area contributed by atoms with Crippen molar-refractivity contribution in [3.8, 4) is 22.8 Å². The molecule has 0 atom stereocenters. The lowest BCUT2D eigenvalue weighted by Gasteiger charge is -2.08. The van der Waals surface area contributed by atoms with Gasteiger partial charge in [0, 0.05) is 17.5 Å². The van der Waals surface area contributed by atoms with Gasteiger partial charge >= 0.3 is 0 Å². The van der Waals surface area contributed by atoms with Gasteiger partial charge in [0.25, 0.3) is 0 Å². The number of nitrogens with one attached hydrogen (secondary N) is 2. The van der Waals surface area contributed by atoms with Crippen molar-refractivity contribution in [1.29, 1.82) is 0 Å². The molecule has 0 unspecified atom stereocenters. The fourth-order valence-electron chi connectivity index (χ4n) is 4.27. The Kier molecular flexibility index (Phi) is 4.82. The minimum atomic E-state index is -0.0898. The Morgan fingerprint density at radius 1 is 0.935 bits per heavy atom. The van der Waals surface area contributed by atoms with E-state index in [9.17, 15) is 4.79 Å². The summed E-state index contributed by atoms with van der Waals surface area (Å²) in [5, 5.41) is 12.6. The molecule has 2 N–H and O–H groups in total. The number of methoxy groups -OCH3 is 2. The van der Waals surface area contributed by atoms with Gasteiger partial charge in [-0.1, -0.05) is 36.4 Å². The van der Waals surface area contributed by atoms with Crippen LogP contribution in [0.4, 0.5) is 5.82 Å². The third kappa shape index (κ3) is 3.61. The van der Waals surface area contributed by atoms with Gasteiger partial charge in [-0.2, -0.15) is 5.10 Å². The zero-order valence-electron chi connectivity index (χ0n) is 17.4. The zero-order chi connectivity index (χ0) is 21.4. The Morgan fingerprint density at radius 3 is 2.26 bits per heavy atom. The van der Waals surface area contributed by atoms with Crippen LogP contribution in [0, 0.1) is 5.92 Å². The Hall–Kier alpha value is -3.80. The molecule has 1 aliphatic rings. The first kappa shape index (κ1) is 19.2. The van der Waals surface area contributed by atoms with E-state index in [4.69, 9.17) is 9.47 Å². The smallest absolute Gasteiger partial charge is 0.229 e. The summed E-state index contributed by atoms with van der Waals surface area (Å²) in [4.78, 5) is 12.9. The van der Waals surface area contributed by atoms with E-state index in [0.717, 1.165) is 24.1 Å². The average Bonchev–Trinajstić information content (AvgIpc) is 3.43. The quantitative estimate of drug-likeness (QED) is 0.501. The Morgan fingerprint density at radius 2 is 1.61 bits per heavy atom. The van der Waals surface area contributed by atoms with Crippen LogP contribution < -0.4 is 14.8 Å². The lowest BCUT2D eigenvalue weighted by molar-refractivity contribution is -0.119. The molecule has 1 aromatic heterocycles. The van der Waals surface area contributed by atoms with Gasteiger partial charge in [0.05, 0.1) is 19.9 Å². The number of benzene rings is 3. The summed E-state index contributed by atoms with van der Waals surface area (Å²) in [6.45, 7) is 0. The highest BCUT2D eigenvalue weighted by Crippen LogP contribution is 2.33. The number of hydrogen-bond donors (Lipinski definition) is 2. The van der Waals surface area contributed by atoms with E-state index in [1.54, 1.807) is 14.2 Å². The van der Waals surface area contributed by atoms with Gasteiger partial charge in [-0.15, -0.1) is 0 Å². The van der Waals surface area contributed by atoms with E-state index in [1.165, 1.54) is 21.9 Å². The van der Waals surface area contributed by atoms with Crippen LogP contribution in [0.25, 0.3) is 22.0 Å². The second-order valence-electron chi connectivity index (χ2n) is 7.80. The number of H-pyrrole nitrogens is 1. The van der Waals surface area contributed by atoms with Crippen LogP contribution in [0.2, 0.25) is 0 Å². The summed E-state index contributed by atoms with van der Waals surface area (Å²) < 4.78 is 10.7. The van der Waals surface area contributed by atoms with Crippen molar-refractivity contribution in [3.63, 3.8) is 0 Å². The Bertz CT molecular complexity index is 1230. The van der Waals surface area contributed by atoms with Crippen molar-refractivity contribution in [2.75, 3.05) is 19.5 Å². The van der Waals surface area contributed by atoms with Gasteiger partial charge < -0.3 is 14.8 Å². The normalized spacial score (nSPS) is 13.2. The molecule has 1 aliphatic carbocycles. The highest BCUT2D eigenvalue weighted by molar-refractivity contribution is 5.94.